The van der Waals surface area contributed by atoms with E-state index in [1.165, 1.54) is 6.33 Å². The summed E-state index contributed by atoms with van der Waals surface area (Å²) in [5.41, 5.74) is 0.404. The molecule has 1 fully saturated rings. The minimum atomic E-state index is -0.164. The number of carbonyl (C=O) groups is 1. The molecule has 0 spiro atoms. The third kappa shape index (κ3) is 4.66. The number of rotatable bonds is 6. The minimum absolute atomic E-state index is 0.164. The molecule has 8 heteroatoms. The second-order valence-electron chi connectivity index (χ2n) is 6.48. The number of piperazine rings is 1. The molecule has 0 saturated carbocycles. The monoisotopic (exact) mass is 355 g/mol. The van der Waals surface area contributed by atoms with Crippen LogP contribution in [0.15, 0.2) is 36.8 Å². The van der Waals surface area contributed by atoms with Gasteiger partial charge in [-0.3, -0.25) is 4.79 Å². The van der Waals surface area contributed by atoms with E-state index in [2.05, 4.69) is 30.1 Å². The topological polar surface area (TPSA) is 77.5 Å². The summed E-state index contributed by atoms with van der Waals surface area (Å²) in [6, 6.07) is 7.71. The summed E-state index contributed by atoms with van der Waals surface area (Å²) < 4.78 is 0. The van der Waals surface area contributed by atoms with E-state index in [0.29, 0.717) is 12.2 Å². The molecule has 0 aromatic carbocycles. The number of carbonyl (C=O) groups excluding carboxylic acids is 1. The average molecular weight is 355 g/mol. The summed E-state index contributed by atoms with van der Waals surface area (Å²) >= 11 is 0. The molecule has 3 rings (SSSR count). The van der Waals surface area contributed by atoms with Gasteiger partial charge in [-0.25, -0.2) is 15.0 Å². The Balaban J connectivity index is 1.58. The second kappa shape index (κ2) is 8.57. The molecule has 8 nitrogen and oxygen atoms in total. The lowest BCUT2D eigenvalue weighted by Crippen LogP contribution is -2.47. The van der Waals surface area contributed by atoms with Gasteiger partial charge < -0.3 is 20.0 Å². The van der Waals surface area contributed by atoms with Crippen LogP contribution < -0.4 is 15.1 Å². The molecule has 0 radical (unpaired) electrons. The minimum Gasteiger partial charge on any atom is -0.353 e. The third-order valence-corrected chi connectivity index (χ3v) is 4.31. The van der Waals surface area contributed by atoms with Gasteiger partial charge in [0.25, 0.3) is 5.91 Å². The number of nitrogens with one attached hydrogen (secondary N) is 1. The molecule has 2 aromatic heterocycles. The summed E-state index contributed by atoms with van der Waals surface area (Å²) in [5.74, 6) is 1.62. The smallest absolute Gasteiger partial charge is 0.270 e. The molecule has 138 valence electrons. The Bertz CT molecular complexity index is 714. The van der Waals surface area contributed by atoms with Crippen molar-refractivity contribution in [2.45, 2.75) is 0 Å². The first-order chi connectivity index (χ1) is 12.6. The van der Waals surface area contributed by atoms with E-state index in [1.54, 1.807) is 6.07 Å². The van der Waals surface area contributed by atoms with Crippen molar-refractivity contribution in [2.24, 2.45) is 0 Å². The summed E-state index contributed by atoms with van der Waals surface area (Å²) in [4.78, 5) is 31.6. The molecule has 0 aliphatic carbocycles. The fourth-order valence-corrected chi connectivity index (χ4v) is 2.83. The van der Waals surface area contributed by atoms with Gasteiger partial charge in [-0.2, -0.15) is 0 Å². The van der Waals surface area contributed by atoms with Gasteiger partial charge in [0.2, 0.25) is 0 Å². The van der Waals surface area contributed by atoms with Crippen LogP contribution in [0, 0.1) is 0 Å². The Labute approximate surface area is 153 Å². The van der Waals surface area contributed by atoms with E-state index in [0.717, 1.165) is 44.4 Å². The predicted molar refractivity (Wildman–Crippen MR) is 102 cm³/mol. The summed E-state index contributed by atoms with van der Waals surface area (Å²) in [6.07, 6.45) is 3.27. The van der Waals surface area contributed by atoms with Gasteiger partial charge in [-0.1, -0.05) is 6.07 Å². The highest BCUT2D eigenvalue weighted by atomic mass is 16.1. The lowest BCUT2D eigenvalue weighted by molar-refractivity contribution is 0.0946. The molecule has 0 atom stereocenters. The van der Waals surface area contributed by atoms with Crippen LogP contribution in [0.25, 0.3) is 0 Å². The second-order valence-corrected chi connectivity index (χ2v) is 6.48. The van der Waals surface area contributed by atoms with Crippen LogP contribution in [0.5, 0.6) is 0 Å². The van der Waals surface area contributed by atoms with Crippen LogP contribution in [0.3, 0.4) is 0 Å². The number of likely N-dealkylation sites (N-methyl/N-ethyl adjacent to an activating group) is 1. The maximum absolute atomic E-state index is 12.2. The average Bonchev–Trinajstić information content (AvgIpc) is 2.68. The van der Waals surface area contributed by atoms with Crippen molar-refractivity contribution in [3.8, 4) is 0 Å². The lowest BCUT2D eigenvalue weighted by atomic mass is 10.2. The molecule has 1 amide bonds. The van der Waals surface area contributed by atoms with Crippen molar-refractivity contribution in [3.05, 3.63) is 42.5 Å². The van der Waals surface area contributed by atoms with Gasteiger partial charge in [0.05, 0.1) is 0 Å². The summed E-state index contributed by atoms with van der Waals surface area (Å²) in [7, 11) is 3.94. The normalized spacial score (nSPS) is 14.6. The lowest BCUT2D eigenvalue weighted by Gasteiger charge is -2.36. The molecule has 0 unspecified atom stereocenters. The van der Waals surface area contributed by atoms with Crippen molar-refractivity contribution in [3.63, 3.8) is 0 Å². The molecule has 3 heterocycles. The largest absolute Gasteiger partial charge is 0.353 e. The molecule has 1 aliphatic rings. The number of anilines is 2. The van der Waals surface area contributed by atoms with Gasteiger partial charge in [-0.05, 0) is 26.2 Å². The first-order valence-electron chi connectivity index (χ1n) is 8.79. The Morgan fingerprint density at radius 2 is 1.81 bits per heavy atom. The van der Waals surface area contributed by atoms with Crippen molar-refractivity contribution >= 4 is 17.5 Å². The van der Waals surface area contributed by atoms with Gasteiger partial charge in [0.15, 0.2) is 0 Å². The van der Waals surface area contributed by atoms with E-state index < -0.39 is 0 Å². The Morgan fingerprint density at radius 3 is 2.46 bits per heavy atom. The van der Waals surface area contributed by atoms with Crippen molar-refractivity contribution in [1.82, 2.24) is 25.2 Å². The first-order valence-corrected chi connectivity index (χ1v) is 8.79. The molecular weight excluding hydrogens is 330 g/mol. The Hall–Kier alpha value is -2.74. The van der Waals surface area contributed by atoms with Crippen molar-refractivity contribution < 1.29 is 4.79 Å². The number of aromatic nitrogens is 3. The molecule has 1 N–H and O–H groups in total. The fourth-order valence-electron chi connectivity index (χ4n) is 2.83. The van der Waals surface area contributed by atoms with E-state index in [9.17, 15) is 4.79 Å². The van der Waals surface area contributed by atoms with Crippen LogP contribution in [0.2, 0.25) is 0 Å². The fraction of sp³-hybridized carbons (Fsp3) is 0.444. The quantitative estimate of drug-likeness (QED) is 0.808. The standard InChI is InChI=1S/C18H25N7O/c1-23(2)8-7-20-18(26)15-13-17(22-14-21-15)25-11-9-24(10-12-25)16-5-3-4-6-19-16/h3-6,13-14H,7-12H2,1-2H3,(H,20,26). The van der Waals surface area contributed by atoms with Crippen molar-refractivity contribution in [2.75, 3.05) is 63.2 Å². The van der Waals surface area contributed by atoms with Crippen LogP contribution in [-0.4, -0.2) is 79.1 Å². The van der Waals surface area contributed by atoms with Crippen LogP contribution >= 0.6 is 0 Å². The molecule has 0 bridgehead atoms. The highest BCUT2D eigenvalue weighted by Crippen LogP contribution is 2.17. The van der Waals surface area contributed by atoms with E-state index in [4.69, 9.17) is 0 Å². The molecule has 26 heavy (non-hydrogen) atoms. The predicted octanol–water partition coefficient (Wildman–Crippen LogP) is 0.490. The molecule has 2 aromatic rings. The number of nitrogens with zero attached hydrogens (tertiary/aromatic N) is 6. The van der Waals surface area contributed by atoms with E-state index in [-0.39, 0.29) is 5.91 Å². The van der Waals surface area contributed by atoms with Crippen LogP contribution in [0.4, 0.5) is 11.6 Å². The number of hydrogen-bond acceptors (Lipinski definition) is 7. The maximum Gasteiger partial charge on any atom is 0.270 e. The number of amides is 1. The molecular formula is C18H25N7O. The zero-order valence-electron chi connectivity index (χ0n) is 15.3. The maximum atomic E-state index is 12.2. The van der Waals surface area contributed by atoms with Crippen molar-refractivity contribution in [1.29, 1.82) is 0 Å². The summed E-state index contributed by atoms with van der Waals surface area (Å²) in [5, 5.41) is 2.88. The zero-order valence-corrected chi connectivity index (χ0v) is 15.3. The van der Waals surface area contributed by atoms with Crippen LogP contribution in [-0.2, 0) is 0 Å². The first kappa shape index (κ1) is 18.1. The third-order valence-electron chi connectivity index (χ3n) is 4.31. The highest BCUT2D eigenvalue weighted by Gasteiger charge is 2.20. The number of hydrogen-bond donors (Lipinski definition) is 1. The molecule has 1 aliphatic heterocycles. The molecule has 1 saturated heterocycles. The van der Waals surface area contributed by atoms with Crippen LogP contribution in [0.1, 0.15) is 10.5 Å². The van der Waals surface area contributed by atoms with E-state index in [1.807, 2.05) is 43.4 Å². The van der Waals surface area contributed by atoms with Gasteiger partial charge in [-0.15, -0.1) is 0 Å². The van der Waals surface area contributed by atoms with E-state index >= 15 is 0 Å². The highest BCUT2D eigenvalue weighted by molar-refractivity contribution is 5.92. The van der Waals surface area contributed by atoms with Gasteiger partial charge in [0.1, 0.15) is 23.7 Å². The van der Waals surface area contributed by atoms with Gasteiger partial charge >= 0.3 is 0 Å². The Morgan fingerprint density at radius 1 is 1.08 bits per heavy atom. The number of pyridine rings is 1. The van der Waals surface area contributed by atoms with Gasteiger partial charge in [0, 0.05) is 51.5 Å². The SMILES string of the molecule is CN(C)CCNC(=O)c1cc(N2CCN(c3ccccn3)CC2)ncn1. The zero-order chi connectivity index (χ0) is 18.4. The Kier molecular flexibility index (Phi) is 5.96. The summed E-state index contributed by atoms with van der Waals surface area (Å²) in [6.45, 7) is 4.77.